The van der Waals surface area contributed by atoms with E-state index in [9.17, 15) is 19.2 Å². The molecule has 2 atom stereocenters. The Kier molecular flexibility index (Phi) is 4.31. The highest BCUT2D eigenvalue weighted by Crippen LogP contribution is 2.36. The van der Waals surface area contributed by atoms with Gasteiger partial charge < -0.3 is 4.79 Å². The summed E-state index contributed by atoms with van der Waals surface area (Å²) in [6.07, 6.45) is 5.23. The lowest BCUT2D eigenvalue weighted by atomic mass is 9.79. The molecule has 0 saturated carbocycles. The van der Waals surface area contributed by atoms with Crippen molar-refractivity contribution in [3.05, 3.63) is 48.0 Å². The predicted octanol–water partition coefficient (Wildman–Crippen LogP) is 1.16. The molecule has 7 nitrogen and oxygen atoms in total. The van der Waals surface area contributed by atoms with E-state index in [0.29, 0.717) is 11.8 Å². The average Bonchev–Trinajstić information content (AvgIpc) is 3.24. The molecule has 4 amide bonds. The zero-order chi connectivity index (χ0) is 18.0. The number of rotatable bonds is 4. The normalized spacial score (nSPS) is 23.2. The minimum atomic E-state index is -1.51. The van der Waals surface area contributed by atoms with Crippen LogP contribution in [-0.2, 0) is 14.4 Å². The van der Waals surface area contributed by atoms with Gasteiger partial charge in [0.25, 0.3) is 5.91 Å². The van der Waals surface area contributed by atoms with Crippen LogP contribution in [0.2, 0.25) is 0 Å². The number of allylic oxidation sites excluding steroid dienone is 1. The molecule has 0 spiro atoms. The van der Waals surface area contributed by atoms with Crippen LogP contribution in [-0.4, -0.2) is 58.8 Å². The zero-order valence-corrected chi connectivity index (χ0v) is 13.7. The average molecular weight is 339 g/mol. The fraction of sp³-hybridized carbons (Fsp3) is 0.278. The number of nitrogens with zero attached hydrogens (tertiary/aromatic N) is 3. The van der Waals surface area contributed by atoms with Crippen LogP contribution in [0.3, 0.4) is 0 Å². The predicted molar refractivity (Wildman–Crippen MR) is 90.1 cm³/mol. The van der Waals surface area contributed by atoms with Crippen molar-refractivity contribution in [2.75, 3.05) is 13.1 Å². The third-order valence-electron chi connectivity index (χ3n) is 4.47. The van der Waals surface area contributed by atoms with E-state index in [0.717, 1.165) is 9.80 Å². The maximum Gasteiger partial charge on any atom is 0.333 e. The Morgan fingerprint density at radius 1 is 1.20 bits per heavy atom. The van der Waals surface area contributed by atoms with E-state index in [1.807, 2.05) is 6.07 Å². The number of carbonyl (C=O) groups excluding carboxylic acids is 4. The topological polar surface area (TPSA) is 87.1 Å². The van der Waals surface area contributed by atoms with E-state index >= 15 is 0 Å². The van der Waals surface area contributed by atoms with Crippen LogP contribution in [0.4, 0.5) is 4.79 Å². The van der Waals surface area contributed by atoms with Gasteiger partial charge in [0.1, 0.15) is 6.29 Å². The van der Waals surface area contributed by atoms with Crippen molar-refractivity contribution >= 4 is 30.3 Å². The number of aliphatic imine (C=N–C) groups is 1. The lowest BCUT2D eigenvalue weighted by Gasteiger charge is -2.31. The molecular weight excluding hydrogens is 322 g/mol. The molecule has 0 aliphatic carbocycles. The van der Waals surface area contributed by atoms with Gasteiger partial charge in [-0.15, -0.1) is 0 Å². The van der Waals surface area contributed by atoms with Crippen LogP contribution in [0.25, 0.3) is 0 Å². The number of amides is 4. The molecule has 0 aromatic heterocycles. The summed E-state index contributed by atoms with van der Waals surface area (Å²) in [4.78, 5) is 55.1. The van der Waals surface area contributed by atoms with Crippen molar-refractivity contribution in [2.24, 2.45) is 4.99 Å². The number of urea groups is 1. The second-order valence-electron chi connectivity index (χ2n) is 5.90. The highest BCUT2D eigenvalue weighted by molar-refractivity contribution is 6.09. The Labute approximate surface area is 144 Å². The van der Waals surface area contributed by atoms with Crippen LogP contribution >= 0.6 is 0 Å². The second kappa shape index (κ2) is 6.43. The van der Waals surface area contributed by atoms with Crippen molar-refractivity contribution in [3.63, 3.8) is 0 Å². The van der Waals surface area contributed by atoms with Crippen LogP contribution in [0.15, 0.2) is 47.5 Å². The maximum atomic E-state index is 13.2. The van der Waals surface area contributed by atoms with E-state index < -0.39 is 29.3 Å². The molecule has 1 aromatic carbocycles. The van der Waals surface area contributed by atoms with Crippen molar-refractivity contribution in [1.82, 2.24) is 9.80 Å². The van der Waals surface area contributed by atoms with Gasteiger partial charge in [-0.3, -0.25) is 24.4 Å². The van der Waals surface area contributed by atoms with Gasteiger partial charge in [-0.2, -0.15) is 0 Å². The lowest BCUT2D eigenvalue weighted by Crippen LogP contribution is -2.51. The third kappa shape index (κ3) is 2.67. The molecule has 2 aliphatic heterocycles. The number of benzene rings is 1. The van der Waals surface area contributed by atoms with Gasteiger partial charge in [0.05, 0.1) is 5.92 Å². The highest BCUT2D eigenvalue weighted by Gasteiger charge is 2.51. The van der Waals surface area contributed by atoms with E-state index in [2.05, 4.69) is 4.99 Å². The molecule has 2 unspecified atom stereocenters. The summed E-state index contributed by atoms with van der Waals surface area (Å²) >= 11 is 0. The van der Waals surface area contributed by atoms with Crippen LogP contribution in [0.5, 0.6) is 0 Å². The minimum absolute atomic E-state index is 0.0860. The standard InChI is InChI=1S/C18H17N3O4/c1-13(23)20-10-11-21(17(20)25)16(24)18(8-5-9-19-18)15(12-22)14-6-3-2-4-7-14/h2-9,12,15H,10-11H2,1H3. The van der Waals surface area contributed by atoms with Crippen LogP contribution in [0, 0.1) is 0 Å². The number of carbonyl (C=O) groups is 4. The monoisotopic (exact) mass is 339 g/mol. The van der Waals surface area contributed by atoms with Crippen LogP contribution in [0.1, 0.15) is 18.4 Å². The largest absolute Gasteiger partial charge is 0.333 e. The first-order valence-corrected chi connectivity index (χ1v) is 7.88. The fourth-order valence-electron chi connectivity index (χ4n) is 3.17. The molecule has 1 aromatic rings. The summed E-state index contributed by atoms with van der Waals surface area (Å²) in [5.41, 5.74) is -0.879. The number of hydrogen-bond acceptors (Lipinski definition) is 5. The first kappa shape index (κ1) is 16.8. The van der Waals surface area contributed by atoms with Gasteiger partial charge in [0.15, 0.2) is 5.54 Å². The third-order valence-corrected chi connectivity index (χ3v) is 4.47. The summed E-state index contributed by atoms with van der Waals surface area (Å²) in [5, 5.41) is 0. The van der Waals surface area contributed by atoms with Crippen molar-refractivity contribution in [3.8, 4) is 0 Å². The van der Waals surface area contributed by atoms with Gasteiger partial charge in [0, 0.05) is 26.2 Å². The van der Waals surface area contributed by atoms with Crippen LogP contribution < -0.4 is 0 Å². The summed E-state index contributed by atoms with van der Waals surface area (Å²) in [5.74, 6) is -1.89. The molecule has 0 bridgehead atoms. The zero-order valence-electron chi connectivity index (χ0n) is 13.7. The van der Waals surface area contributed by atoms with Crippen molar-refractivity contribution < 1.29 is 19.2 Å². The SMILES string of the molecule is CC(=O)N1CCN(C(=O)C2(C(C=O)c3ccccc3)C=CC=N2)C1=O. The minimum Gasteiger partial charge on any atom is -0.303 e. The summed E-state index contributed by atoms with van der Waals surface area (Å²) < 4.78 is 0. The number of imide groups is 2. The Bertz CT molecular complexity index is 773. The van der Waals surface area contributed by atoms with Gasteiger partial charge >= 0.3 is 6.03 Å². The Hall–Kier alpha value is -3.09. The Balaban J connectivity index is 1.99. The van der Waals surface area contributed by atoms with E-state index in [4.69, 9.17) is 0 Å². The first-order valence-electron chi connectivity index (χ1n) is 7.88. The van der Waals surface area contributed by atoms with Gasteiger partial charge in [-0.1, -0.05) is 30.3 Å². The Morgan fingerprint density at radius 2 is 1.88 bits per heavy atom. The number of hydrogen-bond donors (Lipinski definition) is 0. The lowest BCUT2D eigenvalue weighted by molar-refractivity contribution is -0.133. The van der Waals surface area contributed by atoms with E-state index in [1.54, 1.807) is 30.3 Å². The molecule has 128 valence electrons. The van der Waals surface area contributed by atoms with Gasteiger partial charge in [0.2, 0.25) is 5.91 Å². The molecule has 2 aliphatic rings. The van der Waals surface area contributed by atoms with Gasteiger partial charge in [-0.25, -0.2) is 4.79 Å². The highest BCUT2D eigenvalue weighted by atomic mass is 16.2. The van der Waals surface area contributed by atoms with Crippen molar-refractivity contribution in [1.29, 1.82) is 0 Å². The summed E-state index contributed by atoms with van der Waals surface area (Å²) in [7, 11) is 0. The molecular formula is C18H17N3O4. The smallest absolute Gasteiger partial charge is 0.303 e. The molecule has 1 fully saturated rings. The molecule has 3 rings (SSSR count). The Morgan fingerprint density at radius 3 is 2.40 bits per heavy atom. The molecule has 7 heteroatoms. The van der Waals surface area contributed by atoms with E-state index in [-0.39, 0.29) is 13.1 Å². The second-order valence-corrected chi connectivity index (χ2v) is 5.90. The number of aldehydes is 1. The summed E-state index contributed by atoms with van der Waals surface area (Å²) in [6, 6.07) is 8.15. The van der Waals surface area contributed by atoms with Gasteiger partial charge in [-0.05, 0) is 17.7 Å². The van der Waals surface area contributed by atoms with E-state index in [1.165, 1.54) is 19.2 Å². The summed E-state index contributed by atoms with van der Waals surface area (Å²) in [6.45, 7) is 1.50. The molecule has 0 N–H and O–H groups in total. The first-order chi connectivity index (χ1) is 12.0. The molecule has 1 saturated heterocycles. The molecule has 25 heavy (non-hydrogen) atoms. The molecule has 2 heterocycles. The molecule has 0 radical (unpaired) electrons. The fourth-order valence-corrected chi connectivity index (χ4v) is 3.17. The quantitative estimate of drug-likeness (QED) is 0.770. The van der Waals surface area contributed by atoms with Crippen molar-refractivity contribution in [2.45, 2.75) is 18.4 Å². The maximum absolute atomic E-state index is 13.2.